The van der Waals surface area contributed by atoms with Crippen LogP contribution in [0.15, 0.2) is 54.6 Å². The average Bonchev–Trinajstić information content (AvgIpc) is 2.70. The number of piperidine rings is 1. The van der Waals surface area contributed by atoms with E-state index in [0.717, 1.165) is 25.1 Å². The van der Waals surface area contributed by atoms with E-state index in [1.54, 1.807) is 6.07 Å². The van der Waals surface area contributed by atoms with Gasteiger partial charge in [0.15, 0.2) is 0 Å². The van der Waals surface area contributed by atoms with E-state index in [1.807, 2.05) is 30.3 Å². The molecule has 0 aliphatic carbocycles. The summed E-state index contributed by atoms with van der Waals surface area (Å²) in [5, 5.41) is 9.88. The van der Waals surface area contributed by atoms with Gasteiger partial charge in [-0.25, -0.2) is 0 Å². The van der Waals surface area contributed by atoms with Crippen molar-refractivity contribution in [3.05, 3.63) is 65.7 Å². The monoisotopic (exact) mass is 381 g/mol. The fourth-order valence-corrected chi connectivity index (χ4v) is 4.37. The molecule has 28 heavy (non-hydrogen) atoms. The lowest BCUT2D eigenvalue weighted by Crippen LogP contribution is -2.49. The SMILES string of the molecule is COC(=O)[C@H](Cc1ccccc1)CN1CC[C@](C)(c2cccc(O)c2)[C@H](C)C1. The Morgan fingerprint density at radius 1 is 1.25 bits per heavy atom. The quantitative estimate of drug-likeness (QED) is 0.768. The molecule has 1 N–H and O–H groups in total. The van der Waals surface area contributed by atoms with E-state index < -0.39 is 0 Å². The van der Waals surface area contributed by atoms with Crippen LogP contribution in [0.3, 0.4) is 0 Å². The summed E-state index contributed by atoms with van der Waals surface area (Å²) < 4.78 is 5.08. The summed E-state index contributed by atoms with van der Waals surface area (Å²) in [6.07, 6.45) is 1.69. The predicted octanol–water partition coefficient (Wildman–Crippen LogP) is 4.02. The summed E-state index contributed by atoms with van der Waals surface area (Å²) in [6.45, 7) is 7.11. The third-order valence-electron chi connectivity index (χ3n) is 6.41. The molecule has 0 bridgehead atoms. The van der Waals surface area contributed by atoms with Crippen LogP contribution in [-0.4, -0.2) is 42.7 Å². The van der Waals surface area contributed by atoms with Crippen LogP contribution in [0.1, 0.15) is 31.4 Å². The molecule has 1 saturated heterocycles. The molecule has 2 aromatic rings. The number of likely N-dealkylation sites (tertiary alicyclic amines) is 1. The second-order valence-corrected chi connectivity index (χ2v) is 8.29. The van der Waals surface area contributed by atoms with Crippen LogP contribution in [0, 0.1) is 11.8 Å². The number of phenols is 1. The third-order valence-corrected chi connectivity index (χ3v) is 6.41. The molecule has 0 aromatic heterocycles. The van der Waals surface area contributed by atoms with Gasteiger partial charge >= 0.3 is 5.97 Å². The number of ether oxygens (including phenoxy) is 1. The molecule has 1 aliphatic rings. The van der Waals surface area contributed by atoms with Crippen molar-refractivity contribution >= 4 is 5.97 Å². The number of carbonyl (C=O) groups is 1. The van der Waals surface area contributed by atoms with Crippen LogP contribution in [-0.2, 0) is 21.4 Å². The van der Waals surface area contributed by atoms with E-state index >= 15 is 0 Å². The van der Waals surface area contributed by atoms with E-state index in [0.29, 0.717) is 24.6 Å². The summed E-state index contributed by atoms with van der Waals surface area (Å²) in [6, 6.07) is 17.8. The van der Waals surface area contributed by atoms with Crippen LogP contribution in [0.5, 0.6) is 5.75 Å². The van der Waals surface area contributed by atoms with Gasteiger partial charge in [0.1, 0.15) is 5.75 Å². The van der Waals surface area contributed by atoms with Crippen LogP contribution in [0.2, 0.25) is 0 Å². The lowest BCUT2D eigenvalue weighted by Gasteiger charge is -2.45. The number of methoxy groups -OCH3 is 1. The number of phenolic OH excluding ortho intramolecular Hbond substituents is 1. The van der Waals surface area contributed by atoms with Crippen molar-refractivity contribution in [2.24, 2.45) is 11.8 Å². The molecule has 0 saturated carbocycles. The number of esters is 1. The first-order valence-corrected chi connectivity index (χ1v) is 10.1. The van der Waals surface area contributed by atoms with Crippen LogP contribution < -0.4 is 0 Å². The summed E-state index contributed by atoms with van der Waals surface area (Å²) >= 11 is 0. The molecule has 0 unspecified atom stereocenters. The van der Waals surface area contributed by atoms with Crippen molar-refractivity contribution in [3.63, 3.8) is 0 Å². The van der Waals surface area contributed by atoms with E-state index in [-0.39, 0.29) is 17.3 Å². The summed E-state index contributed by atoms with van der Waals surface area (Å²) in [4.78, 5) is 14.8. The molecular formula is C24H31NO3. The van der Waals surface area contributed by atoms with Gasteiger partial charge in [-0.15, -0.1) is 0 Å². The molecule has 0 amide bonds. The van der Waals surface area contributed by atoms with Gasteiger partial charge in [-0.3, -0.25) is 4.79 Å². The maximum atomic E-state index is 12.4. The Morgan fingerprint density at radius 2 is 2.00 bits per heavy atom. The maximum absolute atomic E-state index is 12.4. The van der Waals surface area contributed by atoms with Crippen molar-refractivity contribution in [2.45, 2.75) is 32.1 Å². The van der Waals surface area contributed by atoms with Crippen molar-refractivity contribution in [1.29, 1.82) is 0 Å². The first-order chi connectivity index (χ1) is 13.4. The Labute approximate surface area is 168 Å². The number of rotatable bonds is 6. The number of nitrogens with zero attached hydrogens (tertiary/aromatic N) is 1. The summed E-state index contributed by atoms with van der Waals surface area (Å²) in [7, 11) is 1.47. The van der Waals surface area contributed by atoms with Gasteiger partial charge in [0.25, 0.3) is 0 Å². The van der Waals surface area contributed by atoms with E-state index in [9.17, 15) is 9.90 Å². The molecule has 0 radical (unpaired) electrons. The lowest BCUT2D eigenvalue weighted by atomic mass is 9.68. The zero-order chi connectivity index (χ0) is 20.1. The van der Waals surface area contributed by atoms with Gasteiger partial charge in [-0.2, -0.15) is 0 Å². The number of carbonyl (C=O) groups excluding carboxylic acids is 1. The molecule has 150 valence electrons. The van der Waals surface area contributed by atoms with E-state index in [2.05, 4.69) is 36.9 Å². The maximum Gasteiger partial charge on any atom is 0.310 e. The van der Waals surface area contributed by atoms with Gasteiger partial charge in [-0.05, 0) is 54.0 Å². The van der Waals surface area contributed by atoms with Crippen LogP contribution in [0.25, 0.3) is 0 Å². The minimum atomic E-state index is -0.162. The first kappa shape index (κ1) is 20.4. The van der Waals surface area contributed by atoms with Gasteiger partial charge in [-0.1, -0.05) is 56.3 Å². The molecule has 4 nitrogen and oxygen atoms in total. The minimum Gasteiger partial charge on any atom is -0.508 e. The lowest BCUT2D eigenvalue weighted by molar-refractivity contribution is -0.146. The molecule has 4 heteroatoms. The number of aromatic hydroxyl groups is 1. The topological polar surface area (TPSA) is 49.8 Å². The highest BCUT2D eigenvalue weighted by Gasteiger charge is 2.39. The molecular weight excluding hydrogens is 350 g/mol. The van der Waals surface area contributed by atoms with Crippen LogP contribution in [0.4, 0.5) is 0 Å². The van der Waals surface area contributed by atoms with Crippen molar-refractivity contribution < 1.29 is 14.6 Å². The average molecular weight is 382 g/mol. The van der Waals surface area contributed by atoms with Crippen molar-refractivity contribution in [3.8, 4) is 5.75 Å². The standard InChI is InChI=1S/C24H31NO3/c1-18-16-25(13-12-24(18,2)21-10-7-11-22(26)15-21)17-20(23(27)28-3)14-19-8-5-4-6-9-19/h4-11,15,18,20,26H,12-14,16-17H2,1-3H3/t18-,20-,24+/m1/s1. The Kier molecular flexibility index (Phi) is 6.40. The molecule has 1 heterocycles. The summed E-state index contributed by atoms with van der Waals surface area (Å²) in [5.41, 5.74) is 2.37. The minimum absolute atomic E-state index is 0.0232. The molecule has 0 spiro atoms. The Bertz CT molecular complexity index is 791. The molecule has 2 aromatic carbocycles. The highest BCUT2D eigenvalue weighted by Crippen LogP contribution is 2.40. The Morgan fingerprint density at radius 3 is 2.64 bits per heavy atom. The van der Waals surface area contributed by atoms with Crippen molar-refractivity contribution in [1.82, 2.24) is 4.90 Å². The normalized spacial score (nSPS) is 23.9. The second-order valence-electron chi connectivity index (χ2n) is 8.29. The highest BCUT2D eigenvalue weighted by molar-refractivity contribution is 5.73. The smallest absolute Gasteiger partial charge is 0.310 e. The first-order valence-electron chi connectivity index (χ1n) is 10.1. The second kappa shape index (κ2) is 8.78. The highest BCUT2D eigenvalue weighted by atomic mass is 16.5. The van der Waals surface area contributed by atoms with Crippen molar-refractivity contribution in [2.75, 3.05) is 26.7 Å². The van der Waals surface area contributed by atoms with Gasteiger partial charge in [0.05, 0.1) is 13.0 Å². The third kappa shape index (κ3) is 4.56. The predicted molar refractivity (Wildman–Crippen MR) is 111 cm³/mol. The zero-order valence-corrected chi connectivity index (χ0v) is 17.1. The van der Waals surface area contributed by atoms with Crippen LogP contribution >= 0.6 is 0 Å². The number of hydrogen-bond acceptors (Lipinski definition) is 4. The van der Waals surface area contributed by atoms with E-state index in [4.69, 9.17) is 4.74 Å². The van der Waals surface area contributed by atoms with Gasteiger partial charge in [0.2, 0.25) is 0 Å². The Balaban J connectivity index is 1.68. The summed E-state index contributed by atoms with van der Waals surface area (Å²) in [5.74, 6) is 0.433. The number of benzene rings is 2. The molecule has 1 fully saturated rings. The van der Waals surface area contributed by atoms with E-state index in [1.165, 1.54) is 12.7 Å². The largest absolute Gasteiger partial charge is 0.508 e. The fraction of sp³-hybridized carbons (Fsp3) is 0.458. The molecule has 1 aliphatic heterocycles. The Hall–Kier alpha value is -2.33. The number of hydrogen-bond donors (Lipinski definition) is 1. The molecule has 3 rings (SSSR count). The zero-order valence-electron chi connectivity index (χ0n) is 17.1. The molecule has 3 atom stereocenters. The van der Waals surface area contributed by atoms with Gasteiger partial charge < -0.3 is 14.7 Å². The fourth-order valence-electron chi connectivity index (χ4n) is 4.37. The van der Waals surface area contributed by atoms with Gasteiger partial charge in [0, 0.05) is 13.1 Å².